The van der Waals surface area contributed by atoms with Gasteiger partial charge >= 0.3 is 0 Å². The minimum absolute atomic E-state index is 0.0728. The van der Waals surface area contributed by atoms with Gasteiger partial charge in [0.05, 0.1) is 10.7 Å². The predicted molar refractivity (Wildman–Crippen MR) is 124 cm³/mol. The van der Waals surface area contributed by atoms with E-state index < -0.39 is 0 Å². The number of nitrogens with zero attached hydrogens (tertiary/aromatic N) is 6. The van der Waals surface area contributed by atoms with Crippen molar-refractivity contribution < 1.29 is 5.11 Å². The van der Waals surface area contributed by atoms with Crippen LogP contribution in [-0.2, 0) is 0 Å². The van der Waals surface area contributed by atoms with Gasteiger partial charge in [-0.2, -0.15) is 20.1 Å². The number of hydrogen-bond acceptors (Lipinski definition) is 8. The molecule has 0 bridgehead atoms. The van der Waals surface area contributed by atoms with Gasteiger partial charge in [0.1, 0.15) is 5.75 Å². The lowest BCUT2D eigenvalue weighted by atomic mass is 10.1. The van der Waals surface area contributed by atoms with Crippen LogP contribution >= 0.6 is 27.5 Å². The predicted octanol–water partition coefficient (Wildman–Crippen LogP) is 4.42. The number of halogens is 2. The van der Waals surface area contributed by atoms with Crippen molar-refractivity contribution in [3.05, 3.63) is 27.2 Å². The first-order valence-corrected chi connectivity index (χ1v) is 11.5. The molecule has 0 amide bonds. The molecule has 160 valence electrons. The molecule has 10 heteroatoms. The summed E-state index contributed by atoms with van der Waals surface area (Å²) in [6.07, 6.45) is 8.58. The lowest BCUT2D eigenvalue weighted by Gasteiger charge is -2.30. The van der Waals surface area contributed by atoms with Gasteiger partial charge in [0, 0.05) is 36.8 Å². The second kappa shape index (κ2) is 9.78. The van der Waals surface area contributed by atoms with E-state index in [2.05, 4.69) is 46.2 Å². The standard InChI is InChI=1S/C20H25BrClN7O/c21-16-12-15(22)11-14(17(16)30)13-23-27-18-24-19(28-7-3-1-4-8-28)26-20(25-18)29-9-5-2-6-10-29/h11-13,30H,1-10H2,(H,24,25,26,27)/b23-13-. The Hall–Kier alpha value is -2.13. The van der Waals surface area contributed by atoms with Crippen molar-refractivity contribution in [3.63, 3.8) is 0 Å². The van der Waals surface area contributed by atoms with Gasteiger partial charge < -0.3 is 14.9 Å². The van der Waals surface area contributed by atoms with Gasteiger partial charge in [0.2, 0.25) is 17.8 Å². The van der Waals surface area contributed by atoms with Crippen LogP contribution in [0.3, 0.4) is 0 Å². The highest BCUT2D eigenvalue weighted by Crippen LogP contribution is 2.30. The van der Waals surface area contributed by atoms with Crippen molar-refractivity contribution in [1.82, 2.24) is 15.0 Å². The minimum Gasteiger partial charge on any atom is -0.506 e. The monoisotopic (exact) mass is 493 g/mol. The van der Waals surface area contributed by atoms with E-state index in [9.17, 15) is 5.11 Å². The zero-order valence-electron chi connectivity index (χ0n) is 16.7. The van der Waals surface area contributed by atoms with E-state index in [-0.39, 0.29) is 5.75 Å². The summed E-state index contributed by atoms with van der Waals surface area (Å²) >= 11 is 9.34. The second-order valence-corrected chi connectivity index (χ2v) is 8.84. The van der Waals surface area contributed by atoms with Crippen LogP contribution in [-0.4, -0.2) is 52.5 Å². The van der Waals surface area contributed by atoms with E-state index in [4.69, 9.17) is 16.6 Å². The molecule has 8 nitrogen and oxygen atoms in total. The third kappa shape index (κ3) is 5.13. The van der Waals surface area contributed by atoms with Gasteiger partial charge in [-0.3, -0.25) is 0 Å². The number of anilines is 3. The van der Waals surface area contributed by atoms with Crippen LogP contribution in [0, 0.1) is 0 Å². The summed E-state index contributed by atoms with van der Waals surface area (Å²) in [6.45, 7) is 3.82. The molecular formula is C20H25BrClN7O. The molecule has 2 aromatic rings. The summed E-state index contributed by atoms with van der Waals surface area (Å²) in [4.78, 5) is 18.4. The van der Waals surface area contributed by atoms with Crippen molar-refractivity contribution in [1.29, 1.82) is 0 Å². The fourth-order valence-corrected chi connectivity index (χ4v) is 4.55. The average molecular weight is 495 g/mol. The number of aromatic hydroxyl groups is 1. The Balaban J connectivity index is 1.58. The van der Waals surface area contributed by atoms with Crippen LogP contribution in [0.25, 0.3) is 0 Å². The molecule has 3 heterocycles. The Labute approximate surface area is 189 Å². The molecule has 0 saturated carbocycles. The first-order chi connectivity index (χ1) is 14.6. The van der Waals surface area contributed by atoms with Crippen molar-refractivity contribution in [2.24, 2.45) is 5.10 Å². The number of hydrazone groups is 1. The third-order valence-electron chi connectivity index (χ3n) is 5.32. The molecule has 2 fully saturated rings. The Bertz CT molecular complexity index is 878. The molecule has 1 aromatic carbocycles. The van der Waals surface area contributed by atoms with Gasteiger partial charge in [-0.1, -0.05) is 11.6 Å². The quantitative estimate of drug-likeness (QED) is 0.470. The van der Waals surface area contributed by atoms with E-state index in [1.54, 1.807) is 12.1 Å². The van der Waals surface area contributed by atoms with E-state index in [0.717, 1.165) is 51.9 Å². The normalized spacial score (nSPS) is 17.5. The number of nitrogens with one attached hydrogen (secondary N) is 1. The fourth-order valence-electron chi connectivity index (χ4n) is 3.72. The van der Waals surface area contributed by atoms with Gasteiger partial charge in [-0.25, -0.2) is 5.43 Å². The lowest BCUT2D eigenvalue weighted by Crippen LogP contribution is -2.34. The molecule has 2 aliphatic rings. The smallest absolute Gasteiger partial charge is 0.250 e. The second-order valence-electron chi connectivity index (χ2n) is 7.55. The number of benzene rings is 1. The molecule has 0 unspecified atom stereocenters. The number of aromatic nitrogens is 3. The SMILES string of the molecule is Oc1c(Br)cc(Cl)cc1/C=N\Nc1nc(N2CCCCC2)nc(N2CCCCC2)n1. The van der Waals surface area contributed by atoms with Crippen molar-refractivity contribution in [2.45, 2.75) is 38.5 Å². The van der Waals surface area contributed by atoms with Crippen LogP contribution in [0.4, 0.5) is 17.8 Å². The first kappa shape index (κ1) is 21.1. The summed E-state index contributed by atoms with van der Waals surface area (Å²) in [6, 6.07) is 3.27. The zero-order chi connectivity index (χ0) is 20.9. The van der Waals surface area contributed by atoms with Crippen LogP contribution in [0.1, 0.15) is 44.1 Å². The minimum atomic E-state index is 0.0728. The van der Waals surface area contributed by atoms with E-state index in [1.807, 2.05) is 0 Å². The maximum atomic E-state index is 10.2. The molecular weight excluding hydrogens is 470 g/mol. The summed E-state index contributed by atoms with van der Waals surface area (Å²) in [7, 11) is 0. The van der Waals surface area contributed by atoms with Crippen molar-refractivity contribution >= 4 is 51.6 Å². The van der Waals surface area contributed by atoms with Gasteiger partial charge in [-0.15, -0.1) is 0 Å². The molecule has 2 N–H and O–H groups in total. The van der Waals surface area contributed by atoms with Crippen molar-refractivity contribution in [3.8, 4) is 5.75 Å². The molecule has 0 atom stereocenters. The molecule has 0 spiro atoms. The van der Waals surface area contributed by atoms with E-state index in [0.29, 0.717) is 32.9 Å². The van der Waals surface area contributed by atoms with Crippen LogP contribution in [0.2, 0.25) is 5.02 Å². The number of phenolic OH excluding ortho intramolecular Hbond substituents is 1. The molecule has 4 rings (SSSR count). The maximum Gasteiger partial charge on any atom is 0.250 e. The summed E-state index contributed by atoms with van der Waals surface area (Å²) in [5.41, 5.74) is 3.39. The Morgan fingerprint density at radius 1 is 0.933 bits per heavy atom. The first-order valence-electron chi connectivity index (χ1n) is 10.3. The topological polar surface area (TPSA) is 89.8 Å². The van der Waals surface area contributed by atoms with Crippen LogP contribution in [0.15, 0.2) is 21.7 Å². The average Bonchev–Trinajstić information content (AvgIpc) is 2.78. The highest BCUT2D eigenvalue weighted by molar-refractivity contribution is 9.10. The largest absolute Gasteiger partial charge is 0.506 e. The fraction of sp³-hybridized carbons (Fsp3) is 0.500. The number of piperidine rings is 2. The highest BCUT2D eigenvalue weighted by Gasteiger charge is 2.20. The summed E-state index contributed by atoms with van der Waals surface area (Å²) < 4.78 is 0.511. The van der Waals surface area contributed by atoms with E-state index >= 15 is 0 Å². The van der Waals surface area contributed by atoms with Crippen LogP contribution in [0.5, 0.6) is 5.75 Å². The molecule has 2 saturated heterocycles. The Kier molecular flexibility index (Phi) is 6.89. The molecule has 2 aliphatic heterocycles. The van der Waals surface area contributed by atoms with E-state index in [1.165, 1.54) is 19.1 Å². The van der Waals surface area contributed by atoms with Gasteiger partial charge in [0.15, 0.2) is 0 Å². The number of phenols is 1. The molecule has 30 heavy (non-hydrogen) atoms. The highest BCUT2D eigenvalue weighted by atomic mass is 79.9. The van der Waals surface area contributed by atoms with Crippen LogP contribution < -0.4 is 15.2 Å². The lowest BCUT2D eigenvalue weighted by molar-refractivity contribution is 0.471. The molecule has 0 aliphatic carbocycles. The van der Waals surface area contributed by atoms with Crippen molar-refractivity contribution in [2.75, 3.05) is 41.4 Å². The third-order valence-corrected chi connectivity index (χ3v) is 6.14. The summed E-state index contributed by atoms with van der Waals surface area (Å²) in [5, 5.41) is 14.9. The molecule has 1 aromatic heterocycles. The zero-order valence-corrected chi connectivity index (χ0v) is 19.0. The number of hydrogen-bond donors (Lipinski definition) is 2. The number of rotatable bonds is 5. The van der Waals surface area contributed by atoms with Gasteiger partial charge in [-0.05, 0) is 66.6 Å². The van der Waals surface area contributed by atoms with Gasteiger partial charge in [0.25, 0.3) is 0 Å². The Morgan fingerprint density at radius 2 is 1.50 bits per heavy atom. The maximum absolute atomic E-state index is 10.2. The summed E-state index contributed by atoms with van der Waals surface area (Å²) in [5.74, 6) is 1.85. The Morgan fingerprint density at radius 3 is 2.07 bits per heavy atom. The molecule has 0 radical (unpaired) electrons.